The van der Waals surface area contributed by atoms with E-state index in [0.717, 1.165) is 152 Å². The summed E-state index contributed by atoms with van der Waals surface area (Å²) in [7, 11) is 0. The van der Waals surface area contributed by atoms with E-state index in [1.165, 1.54) is 11.3 Å². The van der Waals surface area contributed by atoms with E-state index in [-0.39, 0.29) is 22.1 Å². The molecule has 0 amide bonds. The first-order valence-corrected chi connectivity index (χ1v) is 25.6. The number of hydrogen-bond acceptors (Lipinski definition) is 6. The van der Waals surface area contributed by atoms with E-state index in [4.69, 9.17) is 8.83 Å². The average Bonchev–Trinajstić information content (AvgIpc) is 3.36. The highest BCUT2D eigenvalue weighted by Gasteiger charge is 2.42. The predicted octanol–water partition coefficient (Wildman–Crippen LogP) is 16.1. The molecule has 6 heteroatoms. The SMILES string of the molecule is CCCCN(CCCC)c1ccc2cc(-c3c4ccccc4c(-c4c5ccccc5c(-c5cc6cc7c8c(c6oc5=O)C(C)(C)CCN8CCC7(C)C)c5ccccc45)c4ccccc34)c(=O)oc2c1. The van der Waals surface area contributed by atoms with Gasteiger partial charge in [0.25, 0.3) is 0 Å². The van der Waals surface area contributed by atoms with Crippen molar-refractivity contribution < 1.29 is 8.83 Å². The maximum absolute atomic E-state index is 14.9. The van der Waals surface area contributed by atoms with Crippen molar-refractivity contribution in [2.45, 2.75) is 90.9 Å². The van der Waals surface area contributed by atoms with Gasteiger partial charge in [0.1, 0.15) is 11.2 Å². The van der Waals surface area contributed by atoms with Gasteiger partial charge in [0.15, 0.2) is 0 Å². The molecule has 6 nitrogen and oxygen atoms in total. The quantitative estimate of drug-likeness (QED) is 0.101. The van der Waals surface area contributed by atoms with Crippen LogP contribution in [0.2, 0.25) is 0 Å². The Kier molecular flexibility index (Phi) is 10.5. The molecule has 0 spiro atoms. The van der Waals surface area contributed by atoms with Crippen molar-refractivity contribution in [2.24, 2.45) is 0 Å². The van der Waals surface area contributed by atoms with Crippen molar-refractivity contribution in [1.29, 1.82) is 0 Å². The third kappa shape index (κ3) is 6.88. The summed E-state index contributed by atoms with van der Waals surface area (Å²) in [4.78, 5) is 34.3. The van der Waals surface area contributed by atoms with E-state index in [1.54, 1.807) is 0 Å². The minimum Gasteiger partial charge on any atom is -0.422 e. The number of nitrogens with zero attached hydrogens (tertiary/aromatic N) is 2. The zero-order valence-electron chi connectivity index (χ0n) is 41.3. The highest BCUT2D eigenvalue weighted by atomic mass is 16.4. The van der Waals surface area contributed by atoms with Gasteiger partial charge in [-0.25, -0.2) is 9.59 Å². The zero-order valence-corrected chi connectivity index (χ0v) is 41.3. The standard InChI is InChI=1S/C64H60N2O4/c1-7-9-31-65(32-10-8-2)41-28-27-39-35-50(61(67)69-53(39)38-41)54-42-19-11-15-23-46(42)56(47-24-16-12-20-43(47)54)57-48-25-17-13-21-44(48)55(45-22-14-18-26-49(45)57)51-36-40-37-52-59-58(60(40)70-62(51)68)64(5,6)30-34-66(59)33-29-63(52,3)4/h11-28,35-38H,7-10,29-34H2,1-6H3. The van der Waals surface area contributed by atoms with Gasteiger partial charge in [-0.2, -0.15) is 0 Å². The Morgan fingerprint density at radius 1 is 0.514 bits per heavy atom. The summed E-state index contributed by atoms with van der Waals surface area (Å²) in [6.45, 7) is 17.7. The molecule has 70 heavy (non-hydrogen) atoms. The second-order valence-electron chi connectivity index (χ2n) is 21.3. The van der Waals surface area contributed by atoms with Crippen LogP contribution in [-0.2, 0) is 10.8 Å². The Hall–Kier alpha value is -7.18. The molecule has 2 aliphatic rings. The van der Waals surface area contributed by atoms with Gasteiger partial charge in [0, 0.05) is 71.1 Å². The van der Waals surface area contributed by atoms with Crippen LogP contribution < -0.4 is 21.1 Å². The molecule has 0 bridgehead atoms. The van der Waals surface area contributed by atoms with Gasteiger partial charge in [-0.3, -0.25) is 0 Å². The van der Waals surface area contributed by atoms with Crippen LogP contribution in [0.1, 0.15) is 91.2 Å². The first-order chi connectivity index (χ1) is 34.0. The summed E-state index contributed by atoms with van der Waals surface area (Å²) < 4.78 is 13.0. The van der Waals surface area contributed by atoms with Crippen LogP contribution in [-0.4, -0.2) is 26.2 Å². The smallest absolute Gasteiger partial charge is 0.344 e. The van der Waals surface area contributed by atoms with Crippen LogP contribution in [0.15, 0.2) is 152 Å². The van der Waals surface area contributed by atoms with Crippen molar-refractivity contribution >= 4 is 76.4 Å². The number of rotatable bonds is 10. The second kappa shape index (κ2) is 16.8. The van der Waals surface area contributed by atoms with Crippen LogP contribution in [0, 0.1) is 0 Å². The summed E-state index contributed by atoms with van der Waals surface area (Å²) in [6.07, 6.45) is 6.53. The van der Waals surface area contributed by atoms with Gasteiger partial charge < -0.3 is 18.6 Å². The molecule has 0 atom stereocenters. The number of fused-ring (bicyclic) bond motifs is 7. The molecule has 0 unspecified atom stereocenters. The van der Waals surface area contributed by atoms with Gasteiger partial charge in [-0.15, -0.1) is 0 Å². The first-order valence-electron chi connectivity index (χ1n) is 25.6. The van der Waals surface area contributed by atoms with Crippen LogP contribution >= 0.6 is 0 Å². The maximum atomic E-state index is 14.9. The first kappa shape index (κ1) is 44.1. The Morgan fingerprint density at radius 3 is 1.44 bits per heavy atom. The van der Waals surface area contributed by atoms with Gasteiger partial charge >= 0.3 is 11.3 Å². The molecule has 4 heterocycles. The molecular formula is C64H60N2O4. The minimum atomic E-state index is -0.356. The Balaban J connectivity index is 1.09. The minimum absolute atomic E-state index is 0.0210. The summed E-state index contributed by atoms with van der Waals surface area (Å²) in [6, 6.07) is 46.8. The normalized spacial score (nSPS) is 15.1. The van der Waals surface area contributed by atoms with Gasteiger partial charge in [-0.05, 0) is 127 Å². The zero-order chi connectivity index (χ0) is 48.1. The number of anilines is 2. The monoisotopic (exact) mass is 920 g/mol. The highest BCUT2D eigenvalue weighted by Crippen LogP contribution is 2.53. The fourth-order valence-corrected chi connectivity index (χ4v) is 12.2. The van der Waals surface area contributed by atoms with Crippen molar-refractivity contribution in [3.63, 3.8) is 0 Å². The van der Waals surface area contributed by atoms with Crippen LogP contribution in [0.3, 0.4) is 0 Å². The molecule has 0 N–H and O–H groups in total. The van der Waals surface area contributed by atoms with E-state index >= 15 is 0 Å². The lowest BCUT2D eigenvalue weighted by Gasteiger charge is -2.48. The number of hydrogen-bond donors (Lipinski definition) is 0. The van der Waals surface area contributed by atoms with E-state index < -0.39 is 0 Å². The molecule has 2 aromatic heterocycles. The lowest BCUT2D eigenvalue weighted by Crippen LogP contribution is -2.44. The van der Waals surface area contributed by atoms with Gasteiger partial charge in [0.2, 0.25) is 0 Å². The third-order valence-corrected chi connectivity index (χ3v) is 16.0. The maximum Gasteiger partial charge on any atom is 0.344 e. The van der Waals surface area contributed by atoms with E-state index in [9.17, 15) is 9.59 Å². The lowest BCUT2D eigenvalue weighted by molar-refractivity contribution is 0.398. The Labute approximate surface area is 409 Å². The largest absolute Gasteiger partial charge is 0.422 e. The predicted molar refractivity (Wildman–Crippen MR) is 294 cm³/mol. The molecule has 0 saturated heterocycles. The molecule has 2 aliphatic heterocycles. The van der Waals surface area contributed by atoms with Crippen molar-refractivity contribution in [3.05, 3.63) is 165 Å². The molecule has 0 radical (unpaired) electrons. The third-order valence-electron chi connectivity index (χ3n) is 16.0. The molecular weight excluding hydrogens is 861 g/mol. The fraction of sp³-hybridized carbons (Fsp3) is 0.281. The summed E-state index contributed by atoms with van der Waals surface area (Å²) >= 11 is 0. The average molecular weight is 921 g/mol. The number of unbranched alkanes of at least 4 members (excludes halogenated alkanes) is 2. The molecule has 10 aromatic rings. The summed E-state index contributed by atoms with van der Waals surface area (Å²) in [5, 5.41) is 9.86. The van der Waals surface area contributed by atoms with Crippen molar-refractivity contribution in [1.82, 2.24) is 0 Å². The van der Waals surface area contributed by atoms with Gasteiger partial charge in [0.05, 0.1) is 11.1 Å². The fourth-order valence-electron chi connectivity index (χ4n) is 12.2. The molecule has 8 aromatic carbocycles. The van der Waals surface area contributed by atoms with Crippen molar-refractivity contribution in [3.8, 4) is 33.4 Å². The Bertz CT molecular complexity index is 3770. The van der Waals surface area contributed by atoms with Crippen LogP contribution in [0.5, 0.6) is 0 Å². The van der Waals surface area contributed by atoms with Gasteiger partial charge in [-0.1, -0.05) is 151 Å². The second-order valence-corrected chi connectivity index (χ2v) is 21.3. The van der Waals surface area contributed by atoms with Crippen molar-refractivity contribution in [2.75, 3.05) is 36.0 Å². The van der Waals surface area contributed by atoms with Crippen LogP contribution in [0.25, 0.3) is 98.4 Å². The molecule has 0 aliphatic carbocycles. The molecule has 0 fully saturated rings. The summed E-state index contributed by atoms with van der Waals surface area (Å²) in [5.41, 5.74) is 10.3. The van der Waals surface area contributed by atoms with Crippen LogP contribution in [0.4, 0.5) is 11.4 Å². The topological polar surface area (TPSA) is 66.9 Å². The Morgan fingerprint density at radius 2 is 0.957 bits per heavy atom. The highest BCUT2D eigenvalue weighted by molar-refractivity contribution is 6.30. The molecule has 0 saturated carbocycles. The molecule has 350 valence electrons. The molecule has 12 rings (SSSR count). The van der Waals surface area contributed by atoms with E-state index in [0.29, 0.717) is 22.3 Å². The summed E-state index contributed by atoms with van der Waals surface area (Å²) in [5.74, 6) is 0. The van der Waals surface area contributed by atoms with E-state index in [1.807, 2.05) is 12.1 Å². The lowest BCUT2D eigenvalue weighted by atomic mass is 9.69. The van der Waals surface area contributed by atoms with E-state index in [2.05, 4.69) is 173 Å². The number of benzene rings is 8.